The molecule has 5 atom stereocenters. The molecule has 2 bridgehead atoms. The second kappa shape index (κ2) is 11.1. The monoisotopic (exact) mass is 532 g/mol. The van der Waals surface area contributed by atoms with Gasteiger partial charge in [-0.2, -0.15) is 0 Å². The van der Waals surface area contributed by atoms with Gasteiger partial charge in [-0.1, -0.05) is 39.8 Å². The van der Waals surface area contributed by atoms with Gasteiger partial charge in [0.15, 0.2) is 0 Å². The quantitative estimate of drug-likeness (QED) is 0.220. The fraction of sp³-hybridized carbons (Fsp3) is 0.767. The lowest BCUT2D eigenvalue weighted by molar-refractivity contribution is -0.163. The van der Waals surface area contributed by atoms with Crippen LogP contribution in [0.5, 0.6) is 0 Å². The van der Waals surface area contributed by atoms with Crippen LogP contribution in [0.3, 0.4) is 0 Å². The Morgan fingerprint density at radius 2 is 1.89 bits per heavy atom. The number of esters is 1. The molecule has 2 unspecified atom stereocenters. The molecule has 2 amide bonds. The van der Waals surface area contributed by atoms with Crippen LogP contribution in [0.15, 0.2) is 25.3 Å². The maximum atomic E-state index is 14.6. The summed E-state index contributed by atoms with van der Waals surface area (Å²) in [4.78, 5) is 45.6. The van der Waals surface area contributed by atoms with Gasteiger partial charge in [0.1, 0.15) is 17.6 Å². The van der Waals surface area contributed by atoms with Crippen LogP contribution in [0.2, 0.25) is 0 Å². The number of fused-ring (bicyclic) bond motifs is 1. The fourth-order valence-corrected chi connectivity index (χ4v) is 7.48. The highest BCUT2D eigenvalue weighted by Crippen LogP contribution is 2.64. The Morgan fingerprint density at radius 1 is 1.21 bits per heavy atom. The van der Waals surface area contributed by atoms with Gasteiger partial charge in [0.2, 0.25) is 11.8 Å². The van der Waals surface area contributed by atoms with Crippen LogP contribution in [0, 0.1) is 17.3 Å². The molecule has 0 aliphatic carbocycles. The minimum atomic E-state index is -1.11. The molecule has 1 spiro atoms. The van der Waals surface area contributed by atoms with Gasteiger partial charge in [-0.3, -0.25) is 14.4 Å². The molecule has 8 heteroatoms. The topological polar surface area (TPSA) is 96.4 Å². The summed E-state index contributed by atoms with van der Waals surface area (Å²) >= 11 is 0. The van der Waals surface area contributed by atoms with Crippen molar-refractivity contribution in [2.75, 3.05) is 26.3 Å². The van der Waals surface area contributed by atoms with E-state index in [9.17, 15) is 19.5 Å². The lowest BCUT2D eigenvalue weighted by Crippen LogP contribution is -2.61. The van der Waals surface area contributed by atoms with E-state index in [2.05, 4.69) is 33.9 Å². The molecule has 38 heavy (non-hydrogen) atoms. The van der Waals surface area contributed by atoms with Gasteiger partial charge in [-0.05, 0) is 57.8 Å². The SMILES string of the molecule is C=CCCOC(=O)[C@@H]1[C@H]2C(=O)N(CCCO)C(C(=O)N(CC=C)C(C)(C)CC(C)(C)C)C23CC[C@@]1(CC)O3. The molecular formula is C30H48N2O6. The molecule has 0 saturated carbocycles. The minimum Gasteiger partial charge on any atom is -0.465 e. The molecule has 214 valence electrons. The molecule has 3 heterocycles. The van der Waals surface area contributed by atoms with Gasteiger partial charge in [0.25, 0.3) is 0 Å². The highest BCUT2D eigenvalue weighted by molar-refractivity contribution is 5.98. The van der Waals surface area contributed by atoms with Crippen LogP contribution in [-0.2, 0) is 23.9 Å². The number of carbonyl (C=O) groups excluding carboxylic acids is 3. The smallest absolute Gasteiger partial charge is 0.312 e. The molecule has 0 aromatic carbocycles. The number of amides is 2. The summed E-state index contributed by atoms with van der Waals surface area (Å²) in [6.07, 6.45) is 6.63. The van der Waals surface area contributed by atoms with Gasteiger partial charge in [0, 0.05) is 25.2 Å². The van der Waals surface area contributed by atoms with Crippen molar-refractivity contribution in [2.45, 2.75) is 103 Å². The number of nitrogens with zero attached hydrogens (tertiary/aromatic N) is 2. The van der Waals surface area contributed by atoms with E-state index in [0.29, 0.717) is 38.6 Å². The molecule has 0 aromatic rings. The average Bonchev–Trinajstić information content (AvgIpc) is 3.43. The third-order valence-corrected chi connectivity index (χ3v) is 8.56. The molecule has 3 saturated heterocycles. The van der Waals surface area contributed by atoms with Crippen LogP contribution in [0.4, 0.5) is 0 Å². The lowest BCUT2D eigenvalue weighted by atomic mass is 9.65. The van der Waals surface area contributed by atoms with E-state index in [0.717, 1.165) is 6.42 Å². The van der Waals surface area contributed by atoms with E-state index in [1.54, 1.807) is 17.1 Å². The normalized spacial score (nSPS) is 30.3. The Labute approximate surface area is 228 Å². The van der Waals surface area contributed by atoms with Crippen LogP contribution in [0.1, 0.15) is 80.1 Å². The van der Waals surface area contributed by atoms with Crippen molar-refractivity contribution in [2.24, 2.45) is 17.3 Å². The molecule has 8 nitrogen and oxygen atoms in total. The largest absolute Gasteiger partial charge is 0.465 e. The van der Waals surface area contributed by atoms with Crippen molar-refractivity contribution in [3.63, 3.8) is 0 Å². The van der Waals surface area contributed by atoms with E-state index in [-0.39, 0.29) is 37.0 Å². The standard InChI is InChI=1S/C30H48N2O6/c1-9-12-19-37-26(36)22-21-24(34)31(17-13-18-33)23(30(21)15-14-29(22,11-3)38-30)25(35)32(16-10-2)28(7,8)20-27(4,5)6/h9-10,21-23,33H,1-2,11-20H2,3-8H3/t21-,22-,23?,29+,30?/m0/s1. The summed E-state index contributed by atoms with van der Waals surface area (Å²) in [5, 5.41) is 9.60. The fourth-order valence-electron chi connectivity index (χ4n) is 7.48. The molecule has 3 aliphatic rings. The zero-order valence-electron chi connectivity index (χ0n) is 24.3. The van der Waals surface area contributed by atoms with Crippen molar-refractivity contribution in [1.29, 1.82) is 0 Å². The van der Waals surface area contributed by atoms with E-state index < -0.39 is 40.6 Å². The van der Waals surface area contributed by atoms with Crippen molar-refractivity contribution >= 4 is 17.8 Å². The van der Waals surface area contributed by atoms with Crippen molar-refractivity contribution < 1.29 is 29.0 Å². The minimum absolute atomic E-state index is 0.0407. The van der Waals surface area contributed by atoms with Crippen LogP contribution in [0.25, 0.3) is 0 Å². The summed E-state index contributed by atoms with van der Waals surface area (Å²) in [5.41, 5.74) is -2.51. The number of ether oxygens (including phenoxy) is 2. The Morgan fingerprint density at radius 3 is 2.45 bits per heavy atom. The number of rotatable bonds is 13. The van der Waals surface area contributed by atoms with Crippen molar-refractivity contribution in [1.82, 2.24) is 9.80 Å². The predicted molar refractivity (Wildman–Crippen MR) is 146 cm³/mol. The Kier molecular flexibility index (Phi) is 8.89. The van der Waals surface area contributed by atoms with E-state index in [1.165, 1.54) is 0 Å². The number of hydrogen-bond donors (Lipinski definition) is 1. The van der Waals surface area contributed by atoms with Crippen LogP contribution >= 0.6 is 0 Å². The molecule has 3 rings (SSSR count). The summed E-state index contributed by atoms with van der Waals surface area (Å²) in [6, 6.07) is -0.884. The van der Waals surface area contributed by atoms with Gasteiger partial charge >= 0.3 is 5.97 Å². The Hall–Kier alpha value is -2.19. The second-order valence-electron chi connectivity index (χ2n) is 13.0. The molecule has 3 aliphatic heterocycles. The van der Waals surface area contributed by atoms with Gasteiger partial charge in [-0.25, -0.2) is 0 Å². The first kappa shape index (κ1) is 30.4. The second-order valence-corrected chi connectivity index (χ2v) is 13.0. The summed E-state index contributed by atoms with van der Waals surface area (Å²) in [7, 11) is 0. The first-order chi connectivity index (χ1) is 17.7. The number of aliphatic hydroxyl groups excluding tert-OH is 1. The molecular weight excluding hydrogens is 484 g/mol. The van der Waals surface area contributed by atoms with Crippen LogP contribution in [-0.4, -0.2) is 81.8 Å². The van der Waals surface area contributed by atoms with E-state index in [1.807, 2.05) is 25.7 Å². The third-order valence-electron chi connectivity index (χ3n) is 8.56. The summed E-state index contributed by atoms with van der Waals surface area (Å²) < 4.78 is 12.4. The number of likely N-dealkylation sites (tertiary alicyclic amines) is 1. The Balaban J connectivity index is 2.09. The Bertz CT molecular complexity index is 940. The first-order valence-electron chi connectivity index (χ1n) is 14.1. The zero-order valence-corrected chi connectivity index (χ0v) is 24.3. The molecule has 0 radical (unpaired) electrons. The maximum absolute atomic E-state index is 14.6. The zero-order chi connectivity index (χ0) is 28.5. The molecule has 1 N–H and O–H groups in total. The summed E-state index contributed by atoms with van der Waals surface area (Å²) in [5.74, 6) is -2.47. The van der Waals surface area contributed by atoms with Crippen molar-refractivity contribution in [3.8, 4) is 0 Å². The predicted octanol–water partition coefficient (Wildman–Crippen LogP) is 3.87. The number of hydrogen-bond acceptors (Lipinski definition) is 6. The van der Waals surface area contributed by atoms with E-state index in [4.69, 9.17) is 9.47 Å². The van der Waals surface area contributed by atoms with Crippen molar-refractivity contribution in [3.05, 3.63) is 25.3 Å². The highest BCUT2D eigenvalue weighted by Gasteiger charge is 2.79. The van der Waals surface area contributed by atoms with E-state index >= 15 is 0 Å². The number of aliphatic hydroxyl groups is 1. The van der Waals surface area contributed by atoms with Gasteiger partial charge in [-0.15, -0.1) is 13.2 Å². The number of carbonyl (C=O) groups is 3. The average molecular weight is 533 g/mol. The highest BCUT2D eigenvalue weighted by atomic mass is 16.6. The van der Waals surface area contributed by atoms with Crippen LogP contribution < -0.4 is 0 Å². The third kappa shape index (κ3) is 5.18. The molecule has 0 aromatic heterocycles. The first-order valence-corrected chi connectivity index (χ1v) is 14.1. The lowest BCUT2D eigenvalue weighted by Gasteiger charge is -2.45. The maximum Gasteiger partial charge on any atom is 0.312 e. The molecule has 3 fully saturated rings. The summed E-state index contributed by atoms with van der Waals surface area (Å²) in [6.45, 7) is 20.7. The van der Waals surface area contributed by atoms with Gasteiger partial charge in [0.05, 0.1) is 18.1 Å². The van der Waals surface area contributed by atoms with Gasteiger partial charge < -0.3 is 24.4 Å².